The van der Waals surface area contributed by atoms with Crippen molar-refractivity contribution < 1.29 is 9.59 Å². The van der Waals surface area contributed by atoms with E-state index in [0.717, 1.165) is 18.4 Å². The minimum Gasteiger partial charge on any atom is -0.340 e. The van der Waals surface area contributed by atoms with E-state index in [0.29, 0.717) is 19.6 Å². The second-order valence-corrected chi connectivity index (χ2v) is 8.63. The first-order valence-corrected chi connectivity index (χ1v) is 9.87. The van der Waals surface area contributed by atoms with Gasteiger partial charge in [-0.05, 0) is 18.4 Å². The molecule has 1 saturated heterocycles. The Balaban J connectivity index is 1.62. The van der Waals surface area contributed by atoms with Crippen LogP contribution in [0.15, 0.2) is 42.7 Å². The SMILES string of the molecule is CN(Cc1cnn(Cc2ccccc2)c1)C(=O)[C@H]1CCCN1C(=O)C(C)(C)C. The Hall–Kier alpha value is -2.63. The van der Waals surface area contributed by atoms with E-state index in [9.17, 15) is 9.59 Å². The number of hydrogen-bond acceptors (Lipinski definition) is 3. The van der Waals surface area contributed by atoms with Crippen molar-refractivity contribution in [3.63, 3.8) is 0 Å². The number of hydrogen-bond donors (Lipinski definition) is 0. The summed E-state index contributed by atoms with van der Waals surface area (Å²) in [7, 11) is 1.80. The maximum atomic E-state index is 13.0. The highest BCUT2D eigenvalue weighted by Crippen LogP contribution is 2.26. The molecule has 0 bridgehead atoms. The van der Waals surface area contributed by atoms with E-state index in [-0.39, 0.29) is 17.9 Å². The first-order chi connectivity index (χ1) is 13.3. The van der Waals surface area contributed by atoms with Crippen LogP contribution >= 0.6 is 0 Å². The maximum absolute atomic E-state index is 13.0. The van der Waals surface area contributed by atoms with Crippen molar-refractivity contribution in [3.05, 3.63) is 53.9 Å². The van der Waals surface area contributed by atoms with Gasteiger partial charge in [0.2, 0.25) is 11.8 Å². The van der Waals surface area contributed by atoms with E-state index < -0.39 is 5.41 Å². The van der Waals surface area contributed by atoms with Gasteiger partial charge in [0, 0.05) is 37.3 Å². The zero-order chi connectivity index (χ0) is 20.3. The van der Waals surface area contributed by atoms with E-state index in [1.807, 2.05) is 49.8 Å². The van der Waals surface area contributed by atoms with Crippen LogP contribution in [-0.4, -0.2) is 51.0 Å². The van der Waals surface area contributed by atoms with E-state index >= 15 is 0 Å². The van der Waals surface area contributed by atoms with Gasteiger partial charge in [-0.2, -0.15) is 5.10 Å². The molecule has 6 nitrogen and oxygen atoms in total. The molecule has 1 aliphatic heterocycles. The van der Waals surface area contributed by atoms with Crippen molar-refractivity contribution in [1.29, 1.82) is 0 Å². The summed E-state index contributed by atoms with van der Waals surface area (Å²) in [5.74, 6) is 0.0540. The van der Waals surface area contributed by atoms with Crippen molar-refractivity contribution in [1.82, 2.24) is 19.6 Å². The molecule has 3 rings (SSSR count). The molecule has 1 aromatic heterocycles. The van der Waals surface area contributed by atoms with Gasteiger partial charge in [-0.25, -0.2) is 0 Å². The van der Waals surface area contributed by atoms with Crippen molar-refractivity contribution in [2.24, 2.45) is 5.41 Å². The lowest BCUT2D eigenvalue weighted by atomic mass is 9.94. The van der Waals surface area contributed by atoms with Crippen LogP contribution in [0.5, 0.6) is 0 Å². The smallest absolute Gasteiger partial charge is 0.245 e. The largest absolute Gasteiger partial charge is 0.340 e. The standard InChI is InChI=1S/C22H30N4O2/c1-22(2,3)21(28)26-12-8-11-19(26)20(27)24(4)14-18-13-23-25(16-18)15-17-9-6-5-7-10-17/h5-7,9-10,13,16,19H,8,11-12,14-15H2,1-4H3/t19-/m1/s1. The summed E-state index contributed by atoms with van der Waals surface area (Å²) in [6.45, 7) is 7.56. The first-order valence-electron chi connectivity index (χ1n) is 9.87. The molecule has 1 aliphatic rings. The molecule has 0 N–H and O–H groups in total. The summed E-state index contributed by atoms with van der Waals surface area (Å²) in [6.07, 6.45) is 5.39. The van der Waals surface area contributed by atoms with E-state index in [4.69, 9.17) is 0 Å². The average Bonchev–Trinajstić information content (AvgIpc) is 3.30. The van der Waals surface area contributed by atoms with E-state index in [1.165, 1.54) is 5.56 Å². The molecule has 28 heavy (non-hydrogen) atoms. The fourth-order valence-electron chi connectivity index (χ4n) is 3.65. The van der Waals surface area contributed by atoms with Gasteiger partial charge in [0.05, 0.1) is 12.7 Å². The van der Waals surface area contributed by atoms with Crippen LogP contribution in [0.1, 0.15) is 44.7 Å². The number of rotatable bonds is 5. The second kappa shape index (κ2) is 8.17. The molecule has 0 saturated carbocycles. The zero-order valence-corrected chi connectivity index (χ0v) is 17.3. The van der Waals surface area contributed by atoms with Crippen LogP contribution in [0.2, 0.25) is 0 Å². The average molecular weight is 383 g/mol. The summed E-state index contributed by atoms with van der Waals surface area (Å²) >= 11 is 0. The highest BCUT2D eigenvalue weighted by atomic mass is 16.2. The molecule has 6 heteroatoms. The Morgan fingerprint density at radius 3 is 2.57 bits per heavy atom. The van der Waals surface area contributed by atoms with Gasteiger partial charge in [0.1, 0.15) is 6.04 Å². The number of likely N-dealkylation sites (tertiary alicyclic amines) is 1. The molecule has 1 atom stereocenters. The molecule has 0 unspecified atom stereocenters. The fourth-order valence-corrected chi connectivity index (χ4v) is 3.65. The van der Waals surface area contributed by atoms with Crippen LogP contribution in [0.25, 0.3) is 0 Å². The molecular formula is C22H30N4O2. The third-order valence-electron chi connectivity index (χ3n) is 5.11. The van der Waals surface area contributed by atoms with Gasteiger partial charge in [0.15, 0.2) is 0 Å². The van der Waals surface area contributed by atoms with Crippen LogP contribution in [0, 0.1) is 5.41 Å². The zero-order valence-electron chi connectivity index (χ0n) is 17.3. The molecule has 0 radical (unpaired) electrons. The molecule has 1 aromatic carbocycles. The van der Waals surface area contributed by atoms with Crippen LogP contribution in [0.3, 0.4) is 0 Å². The number of benzene rings is 1. The number of carbonyl (C=O) groups is 2. The van der Waals surface area contributed by atoms with Gasteiger partial charge in [0.25, 0.3) is 0 Å². The third kappa shape index (κ3) is 4.61. The summed E-state index contributed by atoms with van der Waals surface area (Å²) < 4.78 is 1.88. The molecular weight excluding hydrogens is 352 g/mol. The Morgan fingerprint density at radius 1 is 1.18 bits per heavy atom. The van der Waals surface area contributed by atoms with E-state index in [1.54, 1.807) is 23.0 Å². The quantitative estimate of drug-likeness (QED) is 0.799. The lowest BCUT2D eigenvalue weighted by molar-refractivity contribution is -0.148. The predicted molar refractivity (Wildman–Crippen MR) is 108 cm³/mol. The lowest BCUT2D eigenvalue weighted by Gasteiger charge is -2.32. The number of likely N-dealkylation sites (N-methyl/N-ethyl adjacent to an activating group) is 1. The van der Waals surface area contributed by atoms with Gasteiger partial charge in [-0.3, -0.25) is 14.3 Å². The Bertz CT molecular complexity index is 823. The summed E-state index contributed by atoms with van der Waals surface area (Å²) in [5.41, 5.74) is 1.70. The Morgan fingerprint density at radius 2 is 1.89 bits per heavy atom. The summed E-state index contributed by atoms with van der Waals surface area (Å²) in [4.78, 5) is 29.1. The highest BCUT2D eigenvalue weighted by Gasteiger charge is 2.39. The minimum atomic E-state index is -0.472. The Labute approximate surface area is 167 Å². The van der Waals surface area contributed by atoms with E-state index in [2.05, 4.69) is 17.2 Å². The lowest BCUT2D eigenvalue weighted by Crippen LogP contribution is -2.49. The van der Waals surface area contributed by atoms with Gasteiger partial charge in [-0.1, -0.05) is 51.1 Å². The molecule has 2 heterocycles. The summed E-state index contributed by atoms with van der Waals surface area (Å²) in [5, 5.41) is 4.41. The van der Waals surface area contributed by atoms with Gasteiger partial charge < -0.3 is 9.80 Å². The predicted octanol–water partition coefficient (Wildman–Crippen LogP) is 2.93. The van der Waals surface area contributed by atoms with Gasteiger partial charge >= 0.3 is 0 Å². The van der Waals surface area contributed by atoms with Crippen molar-refractivity contribution in [3.8, 4) is 0 Å². The molecule has 0 aliphatic carbocycles. The first kappa shape index (κ1) is 20.1. The number of aromatic nitrogens is 2. The monoisotopic (exact) mass is 382 g/mol. The molecule has 2 aromatic rings. The second-order valence-electron chi connectivity index (χ2n) is 8.63. The topological polar surface area (TPSA) is 58.4 Å². The van der Waals surface area contributed by atoms with Crippen LogP contribution in [-0.2, 0) is 22.7 Å². The third-order valence-corrected chi connectivity index (χ3v) is 5.11. The molecule has 150 valence electrons. The summed E-state index contributed by atoms with van der Waals surface area (Å²) in [6, 6.07) is 9.80. The highest BCUT2D eigenvalue weighted by molar-refractivity contribution is 5.90. The van der Waals surface area contributed by atoms with Crippen LogP contribution < -0.4 is 0 Å². The normalized spacial score (nSPS) is 17.0. The number of carbonyl (C=O) groups excluding carboxylic acids is 2. The van der Waals surface area contributed by atoms with Crippen molar-refractivity contribution >= 4 is 11.8 Å². The number of nitrogens with zero attached hydrogens (tertiary/aromatic N) is 4. The van der Waals surface area contributed by atoms with Crippen LogP contribution in [0.4, 0.5) is 0 Å². The van der Waals surface area contributed by atoms with Crippen molar-refractivity contribution in [2.45, 2.75) is 52.7 Å². The fraction of sp³-hybridized carbons (Fsp3) is 0.500. The minimum absolute atomic E-state index is 0.00547. The van der Waals surface area contributed by atoms with Gasteiger partial charge in [-0.15, -0.1) is 0 Å². The van der Waals surface area contributed by atoms with Crippen molar-refractivity contribution in [2.75, 3.05) is 13.6 Å². The Kier molecular flexibility index (Phi) is 5.87. The molecule has 2 amide bonds. The maximum Gasteiger partial charge on any atom is 0.245 e. The molecule has 0 spiro atoms. The number of amides is 2. The molecule has 1 fully saturated rings.